The van der Waals surface area contributed by atoms with Gasteiger partial charge in [0, 0.05) is 17.0 Å². The molecular formula is C15H10FN. The van der Waals surface area contributed by atoms with Crippen LogP contribution in [-0.4, -0.2) is 4.98 Å². The SMILES string of the molecule is Fc1cc2ccccc2c(-c2ccccc2)n1. The van der Waals surface area contributed by atoms with Crippen molar-refractivity contribution in [3.05, 3.63) is 66.6 Å². The molecule has 3 rings (SSSR count). The molecule has 0 amide bonds. The molecule has 2 heteroatoms. The van der Waals surface area contributed by atoms with Crippen LogP contribution in [0.15, 0.2) is 60.7 Å². The molecule has 3 aromatic rings. The zero-order valence-corrected chi connectivity index (χ0v) is 9.10. The fourth-order valence-electron chi connectivity index (χ4n) is 1.98. The highest BCUT2D eigenvalue weighted by atomic mass is 19.1. The van der Waals surface area contributed by atoms with Gasteiger partial charge in [-0.15, -0.1) is 0 Å². The minimum atomic E-state index is -0.442. The van der Waals surface area contributed by atoms with Crippen LogP contribution in [0.4, 0.5) is 4.39 Å². The molecule has 0 aliphatic rings. The molecule has 0 saturated heterocycles. The van der Waals surface area contributed by atoms with E-state index in [1.807, 2.05) is 54.6 Å². The van der Waals surface area contributed by atoms with Crippen LogP contribution in [0.5, 0.6) is 0 Å². The summed E-state index contributed by atoms with van der Waals surface area (Å²) in [7, 11) is 0. The Kier molecular flexibility index (Phi) is 2.33. The van der Waals surface area contributed by atoms with Crippen molar-refractivity contribution in [2.75, 3.05) is 0 Å². The topological polar surface area (TPSA) is 12.9 Å². The second-order valence-corrected chi connectivity index (χ2v) is 3.88. The minimum absolute atomic E-state index is 0.442. The van der Waals surface area contributed by atoms with Gasteiger partial charge in [0.1, 0.15) is 0 Å². The van der Waals surface area contributed by atoms with Crippen molar-refractivity contribution in [3.8, 4) is 11.3 Å². The lowest BCUT2D eigenvalue weighted by Crippen LogP contribution is -1.90. The van der Waals surface area contributed by atoms with Crippen molar-refractivity contribution in [2.45, 2.75) is 0 Å². The van der Waals surface area contributed by atoms with E-state index in [9.17, 15) is 4.39 Å². The first-order valence-electron chi connectivity index (χ1n) is 5.45. The van der Waals surface area contributed by atoms with Gasteiger partial charge in [0.25, 0.3) is 0 Å². The van der Waals surface area contributed by atoms with Crippen LogP contribution in [0.25, 0.3) is 22.0 Å². The zero-order valence-electron chi connectivity index (χ0n) is 9.10. The monoisotopic (exact) mass is 223 g/mol. The molecule has 1 aromatic heterocycles. The van der Waals surface area contributed by atoms with Crippen LogP contribution in [0.1, 0.15) is 0 Å². The molecule has 82 valence electrons. The largest absolute Gasteiger partial charge is 0.219 e. The normalized spacial score (nSPS) is 10.6. The maximum atomic E-state index is 13.5. The predicted molar refractivity (Wildman–Crippen MR) is 67.1 cm³/mol. The Morgan fingerprint density at radius 1 is 0.824 bits per heavy atom. The highest BCUT2D eigenvalue weighted by molar-refractivity contribution is 5.94. The Balaban J connectivity index is 2.36. The van der Waals surface area contributed by atoms with E-state index >= 15 is 0 Å². The van der Waals surface area contributed by atoms with Gasteiger partial charge in [-0.3, -0.25) is 0 Å². The van der Waals surface area contributed by atoms with Gasteiger partial charge in [0.2, 0.25) is 5.95 Å². The number of halogens is 1. The van der Waals surface area contributed by atoms with Crippen LogP contribution >= 0.6 is 0 Å². The molecule has 1 nitrogen and oxygen atoms in total. The third-order valence-corrected chi connectivity index (χ3v) is 2.76. The maximum absolute atomic E-state index is 13.5. The van der Waals surface area contributed by atoms with E-state index in [1.54, 1.807) is 0 Å². The van der Waals surface area contributed by atoms with Gasteiger partial charge in [-0.05, 0) is 5.39 Å². The minimum Gasteiger partial charge on any atom is -0.219 e. The molecule has 0 radical (unpaired) electrons. The van der Waals surface area contributed by atoms with Crippen LogP contribution in [0.2, 0.25) is 0 Å². The summed E-state index contributed by atoms with van der Waals surface area (Å²) < 4.78 is 13.5. The first-order valence-corrected chi connectivity index (χ1v) is 5.45. The fourth-order valence-corrected chi connectivity index (χ4v) is 1.98. The van der Waals surface area contributed by atoms with E-state index in [-0.39, 0.29) is 0 Å². The molecule has 0 saturated carbocycles. The van der Waals surface area contributed by atoms with Crippen molar-refractivity contribution in [1.29, 1.82) is 0 Å². The summed E-state index contributed by atoms with van der Waals surface area (Å²) in [6, 6.07) is 18.8. The quantitative estimate of drug-likeness (QED) is 0.567. The smallest absolute Gasteiger partial charge is 0.214 e. The molecule has 17 heavy (non-hydrogen) atoms. The van der Waals surface area contributed by atoms with E-state index in [2.05, 4.69) is 4.98 Å². The Morgan fingerprint density at radius 2 is 1.53 bits per heavy atom. The standard InChI is InChI=1S/C15H10FN/c16-14-10-12-8-4-5-9-13(12)15(17-14)11-6-2-1-3-7-11/h1-10H. The third kappa shape index (κ3) is 1.78. The highest BCUT2D eigenvalue weighted by Crippen LogP contribution is 2.26. The number of fused-ring (bicyclic) bond motifs is 1. The Morgan fingerprint density at radius 3 is 2.35 bits per heavy atom. The van der Waals surface area contributed by atoms with E-state index in [0.29, 0.717) is 5.69 Å². The summed E-state index contributed by atoms with van der Waals surface area (Å²) in [5, 5.41) is 1.85. The van der Waals surface area contributed by atoms with Crippen LogP contribution < -0.4 is 0 Å². The Labute approximate surface area is 98.6 Å². The van der Waals surface area contributed by atoms with Crippen molar-refractivity contribution < 1.29 is 4.39 Å². The predicted octanol–water partition coefficient (Wildman–Crippen LogP) is 4.04. The number of rotatable bonds is 1. The summed E-state index contributed by atoms with van der Waals surface area (Å²) in [5.74, 6) is -0.442. The number of aromatic nitrogens is 1. The molecule has 1 heterocycles. The first kappa shape index (κ1) is 9.97. The highest BCUT2D eigenvalue weighted by Gasteiger charge is 2.07. The lowest BCUT2D eigenvalue weighted by molar-refractivity contribution is 0.588. The molecular weight excluding hydrogens is 213 g/mol. The lowest BCUT2D eigenvalue weighted by atomic mass is 10.0. The van der Waals surface area contributed by atoms with Crippen LogP contribution in [-0.2, 0) is 0 Å². The van der Waals surface area contributed by atoms with Gasteiger partial charge in [0.15, 0.2) is 0 Å². The van der Waals surface area contributed by atoms with Crippen LogP contribution in [0, 0.1) is 5.95 Å². The summed E-state index contributed by atoms with van der Waals surface area (Å²) in [6.07, 6.45) is 0. The number of benzene rings is 2. The van der Waals surface area contributed by atoms with E-state index in [0.717, 1.165) is 16.3 Å². The molecule has 2 aromatic carbocycles. The van der Waals surface area contributed by atoms with Crippen molar-refractivity contribution in [3.63, 3.8) is 0 Å². The van der Waals surface area contributed by atoms with Crippen molar-refractivity contribution in [2.24, 2.45) is 0 Å². The van der Waals surface area contributed by atoms with E-state index < -0.39 is 5.95 Å². The lowest BCUT2D eigenvalue weighted by Gasteiger charge is -2.05. The van der Waals surface area contributed by atoms with Gasteiger partial charge < -0.3 is 0 Å². The van der Waals surface area contributed by atoms with E-state index in [4.69, 9.17) is 0 Å². The van der Waals surface area contributed by atoms with Gasteiger partial charge in [-0.1, -0.05) is 54.6 Å². The van der Waals surface area contributed by atoms with Crippen molar-refractivity contribution >= 4 is 10.8 Å². The summed E-state index contributed by atoms with van der Waals surface area (Å²) in [6.45, 7) is 0. The van der Waals surface area contributed by atoms with Crippen LogP contribution in [0.3, 0.4) is 0 Å². The number of nitrogens with zero attached hydrogens (tertiary/aromatic N) is 1. The van der Waals surface area contributed by atoms with Gasteiger partial charge in [-0.2, -0.15) is 4.39 Å². The Bertz CT molecular complexity index is 662. The number of pyridine rings is 1. The fraction of sp³-hybridized carbons (Fsp3) is 0. The average Bonchev–Trinajstić information content (AvgIpc) is 2.39. The van der Waals surface area contributed by atoms with Gasteiger partial charge in [0.05, 0.1) is 5.69 Å². The molecule has 0 bridgehead atoms. The number of hydrogen-bond donors (Lipinski definition) is 0. The van der Waals surface area contributed by atoms with Gasteiger partial charge in [-0.25, -0.2) is 4.98 Å². The molecule has 0 aliphatic heterocycles. The molecule has 0 spiro atoms. The molecule has 0 N–H and O–H groups in total. The molecule has 0 atom stereocenters. The molecule has 0 unspecified atom stereocenters. The maximum Gasteiger partial charge on any atom is 0.214 e. The summed E-state index contributed by atoms with van der Waals surface area (Å²) in [4.78, 5) is 4.00. The molecule has 0 aliphatic carbocycles. The molecule has 0 fully saturated rings. The van der Waals surface area contributed by atoms with E-state index in [1.165, 1.54) is 6.07 Å². The van der Waals surface area contributed by atoms with Crippen molar-refractivity contribution in [1.82, 2.24) is 4.98 Å². The number of hydrogen-bond acceptors (Lipinski definition) is 1. The Hall–Kier alpha value is -2.22. The third-order valence-electron chi connectivity index (χ3n) is 2.76. The summed E-state index contributed by atoms with van der Waals surface area (Å²) in [5.41, 5.74) is 1.63. The zero-order chi connectivity index (χ0) is 11.7. The first-order chi connectivity index (χ1) is 8.34. The second kappa shape index (κ2) is 3.98. The average molecular weight is 223 g/mol. The van der Waals surface area contributed by atoms with Gasteiger partial charge >= 0.3 is 0 Å². The second-order valence-electron chi connectivity index (χ2n) is 3.88. The summed E-state index contributed by atoms with van der Waals surface area (Å²) >= 11 is 0.